The predicted octanol–water partition coefficient (Wildman–Crippen LogP) is 5.79. The molecule has 1 aromatic heterocycles. The first-order valence-corrected chi connectivity index (χ1v) is 8.34. The number of aromatic nitrogens is 2. The molecule has 0 atom stereocenters. The largest absolute Gasteiger partial charge is 0.244 e. The van der Waals surface area contributed by atoms with E-state index < -0.39 is 0 Å². The summed E-state index contributed by atoms with van der Waals surface area (Å²) in [5.41, 5.74) is 8.43. The Balaban J connectivity index is 1.78. The van der Waals surface area contributed by atoms with Crippen LogP contribution in [0.1, 0.15) is 5.56 Å². The molecular weight excluding hydrogens is 304 g/mol. The third-order valence-corrected chi connectivity index (χ3v) is 4.45. The molecule has 0 aliphatic heterocycles. The van der Waals surface area contributed by atoms with Crippen molar-refractivity contribution in [3.63, 3.8) is 0 Å². The normalized spacial score (nSPS) is 10.6. The zero-order valence-corrected chi connectivity index (χ0v) is 14.1. The lowest BCUT2D eigenvalue weighted by Crippen LogP contribution is -1.88. The minimum atomic E-state index is 1.03. The summed E-state index contributed by atoms with van der Waals surface area (Å²) in [4.78, 5) is 8.19. The number of hydrogen-bond donors (Lipinski definition) is 0. The molecule has 4 rings (SSSR count). The van der Waals surface area contributed by atoms with Gasteiger partial charge < -0.3 is 0 Å². The summed E-state index contributed by atoms with van der Waals surface area (Å²) in [6.07, 6.45) is 5.23. The summed E-state index contributed by atoms with van der Waals surface area (Å²) < 4.78 is 0. The van der Waals surface area contributed by atoms with Crippen LogP contribution in [0.3, 0.4) is 0 Å². The fourth-order valence-electron chi connectivity index (χ4n) is 3.14. The first-order chi connectivity index (χ1) is 12.3. The summed E-state index contributed by atoms with van der Waals surface area (Å²) >= 11 is 0. The fourth-order valence-corrected chi connectivity index (χ4v) is 3.14. The monoisotopic (exact) mass is 322 g/mol. The Morgan fingerprint density at radius 3 is 1.76 bits per heavy atom. The number of rotatable bonds is 3. The van der Waals surface area contributed by atoms with Gasteiger partial charge in [0.25, 0.3) is 0 Å². The van der Waals surface area contributed by atoms with Gasteiger partial charge in [0, 0.05) is 18.0 Å². The van der Waals surface area contributed by atoms with Crippen molar-refractivity contribution in [1.82, 2.24) is 9.97 Å². The number of nitrogens with zero attached hydrogens (tertiary/aromatic N) is 2. The molecule has 0 radical (unpaired) electrons. The van der Waals surface area contributed by atoms with Crippen molar-refractivity contribution in [1.29, 1.82) is 0 Å². The Bertz CT molecular complexity index is 990. The van der Waals surface area contributed by atoms with Crippen molar-refractivity contribution < 1.29 is 0 Å². The number of hydrogen-bond acceptors (Lipinski definition) is 2. The molecule has 0 saturated carbocycles. The van der Waals surface area contributed by atoms with Gasteiger partial charge >= 0.3 is 0 Å². The van der Waals surface area contributed by atoms with E-state index in [-0.39, 0.29) is 0 Å². The van der Waals surface area contributed by atoms with Crippen LogP contribution in [0.25, 0.3) is 33.4 Å². The van der Waals surface area contributed by atoms with Crippen LogP contribution >= 0.6 is 0 Å². The molecule has 1 heterocycles. The van der Waals surface area contributed by atoms with Crippen LogP contribution in [0.5, 0.6) is 0 Å². The maximum Gasteiger partial charge on any atom is 0.115 e. The molecule has 0 amide bonds. The molecule has 0 aliphatic rings. The smallest absolute Gasteiger partial charge is 0.115 e. The Hall–Kier alpha value is -3.26. The summed E-state index contributed by atoms with van der Waals surface area (Å²) in [5.74, 6) is 0. The molecule has 0 unspecified atom stereocenters. The van der Waals surface area contributed by atoms with E-state index in [0.717, 1.165) is 11.1 Å². The average molecular weight is 322 g/mol. The SMILES string of the molecule is Cc1ccccc1-c1ccccc1-c1ccc(-c2cncnc2)cc1. The minimum absolute atomic E-state index is 1.03. The van der Waals surface area contributed by atoms with Gasteiger partial charge in [-0.3, -0.25) is 0 Å². The Labute approximate surface area is 147 Å². The standard InChI is InChI=1S/C23H18N2/c1-17-6-2-3-7-21(17)23-9-5-4-8-22(23)19-12-10-18(11-13-19)20-14-24-16-25-15-20/h2-16H,1H3. The van der Waals surface area contributed by atoms with Gasteiger partial charge in [0.05, 0.1) is 0 Å². The van der Waals surface area contributed by atoms with Crippen molar-refractivity contribution in [3.05, 3.63) is 97.1 Å². The molecule has 0 N–H and O–H groups in total. The first kappa shape index (κ1) is 15.3. The quantitative estimate of drug-likeness (QED) is 0.477. The van der Waals surface area contributed by atoms with Crippen LogP contribution in [0.4, 0.5) is 0 Å². The highest BCUT2D eigenvalue weighted by Gasteiger charge is 2.09. The van der Waals surface area contributed by atoms with E-state index in [1.165, 1.54) is 27.8 Å². The summed E-state index contributed by atoms with van der Waals surface area (Å²) in [6, 6.07) is 25.7. The highest BCUT2D eigenvalue weighted by atomic mass is 14.8. The Morgan fingerprint density at radius 1 is 0.520 bits per heavy atom. The molecule has 0 aliphatic carbocycles. The Morgan fingerprint density at radius 2 is 1.08 bits per heavy atom. The molecule has 25 heavy (non-hydrogen) atoms. The van der Waals surface area contributed by atoms with E-state index in [0.29, 0.717) is 0 Å². The predicted molar refractivity (Wildman–Crippen MR) is 103 cm³/mol. The zero-order chi connectivity index (χ0) is 17.1. The van der Waals surface area contributed by atoms with Crippen molar-refractivity contribution in [3.8, 4) is 33.4 Å². The molecular formula is C23H18N2. The van der Waals surface area contributed by atoms with Gasteiger partial charge in [-0.2, -0.15) is 0 Å². The van der Waals surface area contributed by atoms with E-state index >= 15 is 0 Å². The third-order valence-electron chi connectivity index (χ3n) is 4.45. The van der Waals surface area contributed by atoms with Gasteiger partial charge in [0.15, 0.2) is 0 Å². The number of aryl methyl sites for hydroxylation is 1. The van der Waals surface area contributed by atoms with Crippen LogP contribution < -0.4 is 0 Å². The third kappa shape index (κ3) is 3.07. The van der Waals surface area contributed by atoms with Crippen molar-refractivity contribution in [2.24, 2.45) is 0 Å². The van der Waals surface area contributed by atoms with E-state index in [1.807, 2.05) is 12.4 Å². The minimum Gasteiger partial charge on any atom is -0.244 e. The van der Waals surface area contributed by atoms with E-state index in [2.05, 4.69) is 89.7 Å². The van der Waals surface area contributed by atoms with Gasteiger partial charge in [-0.05, 0) is 40.3 Å². The van der Waals surface area contributed by atoms with Crippen LogP contribution in [-0.4, -0.2) is 9.97 Å². The highest BCUT2D eigenvalue weighted by molar-refractivity contribution is 5.85. The van der Waals surface area contributed by atoms with Crippen LogP contribution in [0, 0.1) is 6.92 Å². The molecule has 4 aromatic rings. The van der Waals surface area contributed by atoms with E-state index in [4.69, 9.17) is 0 Å². The van der Waals surface area contributed by atoms with E-state index in [9.17, 15) is 0 Å². The molecule has 0 bridgehead atoms. The summed E-state index contributed by atoms with van der Waals surface area (Å²) in [7, 11) is 0. The average Bonchev–Trinajstić information content (AvgIpc) is 2.69. The molecule has 2 heteroatoms. The van der Waals surface area contributed by atoms with E-state index in [1.54, 1.807) is 6.33 Å². The molecule has 3 aromatic carbocycles. The highest BCUT2D eigenvalue weighted by Crippen LogP contribution is 2.34. The second kappa shape index (κ2) is 6.70. The van der Waals surface area contributed by atoms with Crippen molar-refractivity contribution in [2.45, 2.75) is 6.92 Å². The second-order valence-electron chi connectivity index (χ2n) is 6.07. The second-order valence-corrected chi connectivity index (χ2v) is 6.07. The lowest BCUT2D eigenvalue weighted by Gasteiger charge is -2.13. The van der Waals surface area contributed by atoms with Gasteiger partial charge in [-0.1, -0.05) is 72.8 Å². The molecule has 0 spiro atoms. The fraction of sp³-hybridized carbons (Fsp3) is 0.0435. The van der Waals surface area contributed by atoms with Gasteiger partial charge in [0.1, 0.15) is 6.33 Å². The Kier molecular flexibility index (Phi) is 4.09. The lowest BCUT2D eigenvalue weighted by molar-refractivity contribution is 1.17. The first-order valence-electron chi connectivity index (χ1n) is 8.34. The summed E-state index contributed by atoms with van der Waals surface area (Å²) in [5, 5.41) is 0. The van der Waals surface area contributed by atoms with Gasteiger partial charge in [-0.25, -0.2) is 9.97 Å². The number of benzene rings is 3. The van der Waals surface area contributed by atoms with Gasteiger partial charge in [0.2, 0.25) is 0 Å². The van der Waals surface area contributed by atoms with Gasteiger partial charge in [-0.15, -0.1) is 0 Å². The maximum atomic E-state index is 4.09. The lowest BCUT2D eigenvalue weighted by atomic mass is 9.91. The maximum absolute atomic E-state index is 4.09. The molecule has 0 saturated heterocycles. The van der Waals surface area contributed by atoms with Crippen molar-refractivity contribution in [2.75, 3.05) is 0 Å². The van der Waals surface area contributed by atoms with Crippen LogP contribution in [-0.2, 0) is 0 Å². The van der Waals surface area contributed by atoms with Crippen LogP contribution in [0.2, 0.25) is 0 Å². The molecule has 2 nitrogen and oxygen atoms in total. The summed E-state index contributed by atoms with van der Waals surface area (Å²) in [6.45, 7) is 2.16. The molecule has 120 valence electrons. The van der Waals surface area contributed by atoms with Crippen molar-refractivity contribution >= 4 is 0 Å². The molecule has 0 fully saturated rings. The van der Waals surface area contributed by atoms with Crippen LogP contribution in [0.15, 0.2) is 91.5 Å². The zero-order valence-electron chi connectivity index (χ0n) is 14.1. The topological polar surface area (TPSA) is 25.8 Å².